The predicted octanol–water partition coefficient (Wildman–Crippen LogP) is 3.40. The van der Waals surface area contributed by atoms with Crippen molar-refractivity contribution in [1.82, 2.24) is 4.72 Å². The number of hydrogen-bond acceptors (Lipinski definition) is 8. The zero-order valence-corrected chi connectivity index (χ0v) is 23.0. The highest BCUT2D eigenvalue weighted by atomic mass is 32.2. The van der Waals surface area contributed by atoms with Crippen LogP contribution in [-0.4, -0.2) is 44.6 Å². The molecule has 0 unspecified atom stereocenters. The number of rotatable bonds is 13. The topological polar surface area (TPSA) is 148 Å². The van der Waals surface area contributed by atoms with Gasteiger partial charge in [-0.25, -0.2) is 17.9 Å². The van der Waals surface area contributed by atoms with Crippen LogP contribution < -0.4 is 10.0 Å². The molecule has 0 aromatic heterocycles. The molecule has 0 aliphatic rings. The second-order valence-electron chi connectivity index (χ2n) is 9.05. The van der Waals surface area contributed by atoms with Crippen molar-refractivity contribution in [3.05, 3.63) is 95.6 Å². The second-order valence-corrected chi connectivity index (χ2v) is 10.8. The van der Waals surface area contributed by atoms with Crippen LogP contribution in [0, 0.1) is 6.92 Å². The highest BCUT2D eigenvalue weighted by Crippen LogP contribution is 2.24. The maximum absolute atomic E-state index is 13.0. The van der Waals surface area contributed by atoms with Gasteiger partial charge >= 0.3 is 11.9 Å². The smallest absolute Gasteiger partial charge is 0.336 e. The molecule has 0 fully saturated rings. The lowest BCUT2D eigenvalue weighted by Gasteiger charge is -2.23. The minimum Gasteiger partial charge on any atom is -0.467 e. The molecule has 0 aliphatic heterocycles. The molecule has 212 valence electrons. The SMILES string of the molecule is COC(=O)[C@H](O)[C@@H](NS(=O)(=O)c1ccc(C)cc1)c1ccc(NC(=O)CCCC(=O)OCc2ccccc2)cc1. The summed E-state index contributed by atoms with van der Waals surface area (Å²) < 4.78 is 38.1. The van der Waals surface area contributed by atoms with E-state index in [1.807, 2.05) is 37.3 Å². The summed E-state index contributed by atoms with van der Waals surface area (Å²) in [6.07, 6.45) is -1.35. The number of aliphatic hydroxyl groups is 1. The van der Waals surface area contributed by atoms with Crippen molar-refractivity contribution in [1.29, 1.82) is 0 Å². The van der Waals surface area contributed by atoms with Crippen LogP contribution >= 0.6 is 0 Å². The van der Waals surface area contributed by atoms with Gasteiger partial charge in [-0.15, -0.1) is 0 Å². The number of aryl methyl sites for hydroxylation is 1. The van der Waals surface area contributed by atoms with Crippen molar-refractivity contribution in [2.75, 3.05) is 12.4 Å². The van der Waals surface area contributed by atoms with Gasteiger partial charge in [0.05, 0.1) is 18.0 Å². The Hall–Kier alpha value is -4.06. The van der Waals surface area contributed by atoms with Gasteiger partial charge in [-0.3, -0.25) is 9.59 Å². The third-order valence-corrected chi connectivity index (χ3v) is 7.41. The van der Waals surface area contributed by atoms with E-state index in [1.165, 1.54) is 36.4 Å². The van der Waals surface area contributed by atoms with Crippen LogP contribution in [0.1, 0.15) is 42.0 Å². The number of sulfonamides is 1. The maximum Gasteiger partial charge on any atom is 0.336 e. The predicted molar refractivity (Wildman–Crippen MR) is 147 cm³/mol. The monoisotopic (exact) mass is 568 g/mol. The normalized spacial score (nSPS) is 12.7. The fourth-order valence-corrected chi connectivity index (χ4v) is 4.95. The first-order valence-corrected chi connectivity index (χ1v) is 14.0. The van der Waals surface area contributed by atoms with E-state index >= 15 is 0 Å². The Morgan fingerprint density at radius 2 is 1.55 bits per heavy atom. The molecule has 0 bridgehead atoms. The highest BCUT2D eigenvalue weighted by molar-refractivity contribution is 7.89. The molecule has 3 aromatic rings. The molecule has 3 rings (SSSR count). The molecule has 11 heteroatoms. The average molecular weight is 569 g/mol. The van der Waals surface area contributed by atoms with Crippen LogP contribution in [0.15, 0.2) is 83.8 Å². The lowest BCUT2D eigenvalue weighted by Crippen LogP contribution is -2.40. The summed E-state index contributed by atoms with van der Waals surface area (Å²) in [7, 11) is -3.02. The van der Waals surface area contributed by atoms with Crippen LogP contribution in [0.5, 0.6) is 0 Å². The number of aliphatic hydroxyl groups excluding tert-OH is 1. The molecular formula is C29H32N2O8S. The largest absolute Gasteiger partial charge is 0.467 e. The molecule has 3 aromatic carbocycles. The number of carbonyl (C=O) groups is 3. The number of amides is 1. The molecule has 2 atom stereocenters. The summed E-state index contributed by atoms with van der Waals surface area (Å²) in [5, 5.41) is 13.2. The van der Waals surface area contributed by atoms with Crippen molar-refractivity contribution >= 4 is 33.6 Å². The number of hydrogen-bond donors (Lipinski definition) is 3. The first-order valence-electron chi connectivity index (χ1n) is 12.5. The summed E-state index contributed by atoms with van der Waals surface area (Å²) in [4.78, 5) is 36.3. The Morgan fingerprint density at radius 3 is 2.17 bits per heavy atom. The number of benzene rings is 3. The summed E-state index contributed by atoms with van der Waals surface area (Å²) in [5.74, 6) is -1.74. The molecule has 0 heterocycles. The third-order valence-electron chi connectivity index (χ3n) is 5.95. The molecule has 40 heavy (non-hydrogen) atoms. The third kappa shape index (κ3) is 9.01. The Kier molecular flexibility index (Phi) is 10.9. The van der Waals surface area contributed by atoms with Gasteiger partial charge in [0, 0.05) is 18.5 Å². The van der Waals surface area contributed by atoms with E-state index in [-0.39, 0.29) is 35.8 Å². The molecule has 10 nitrogen and oxygen atoms in total. The molecular weight excluding hydrogens is 536 g/mol. The van der Waals surface area contributed by atoms with E-state index in [0.717, 1.165) is 18.2 Å². The van der Waals surface area contributed by atoms with E-state index in [9.17, 15) is 27.9 Å². The van der Waals surface area contributed by atoms with Crippen molar-refractivity contribution in [2.24, 2.45) is 0 Å². The van der Waals surface area contributed by atoms with Crippen LogP contribution in [0.4, 0.5) is 5.69 Å². The maximum atomic E-state index is 13.0. The summed E-state index contributed by atoms with van der Waals surface area (Å²) in [5.41, 5.74) is 2.42. The van der Waals surface area contributed by atoms with Gasteiger partial charge < -0.3 is 19.9 Å². The van der Waals surface area contributed by atoms with Crippen molar-refractivity contribution in [3.63, 3.8) is 0 Å². The van der Waals surface area contributed by atoms with E-state index in [4.69, 9.17) is 4.74 Å². The van der Waals surface area contributed by atoms with Crippen LogP contribution in [0.3, 0.4) is 0 Å². The van der Waals surface area contributed by atoms with Gasteiger partial charge in [-0.05, 0) is 48.7 Å². The van der Waals surface area contributed by atoms with Gasteiger partial charge in [-0.2, -0.15) is 0 Å². The molecule has 0 radical (unpaired) electrons. The average Bonchev–Trinajstić information content (AvgIpc) is 2.95. The second kappa shape index (κ2) is 14.4. The zero-order chi connectivity index (χ0) is 29.1. The van der Waals surface area contributed by atoms with Crippen molar-refractivity contribution in [2.45, 2.75) is 49.8 Å². The van der Waals surface area contributed by atoms with E-state index in [2.05, 4.69) is 14.8 Å². The molecule has 3 N–H and O–H groups in total. The highest BCUT2D eigenvalue weighted by Gasteiger charge is 2.32. The van der Waals surface area contributed by atoms with Crippen LogP contribution in [-0.2, 0) is 40.5 Å². The number of esters is 2. The van der Waals surface area contributed by atoms with Gasteiger partial charge in [0.25, 0.3) is 0 Å². The molecule has 0 spiro atoms. The number of nitrogens with one attached hydrogen (secondary N) is 2. The van der Waals surface area contributed by atoms with Crippen molar-refractivity contribution in [3.8, 4) is 0 Å². The van der Waals surface area contributed by atoms with Crippen molar-refractivity contribution < 1.29 is 37.4 Å². The van der Waals surface area contributed by atoms with E-state index < -0.39 is 34.1 Å². The lowest BCUT2D eigenvalue weighted by atomic mass is 10.0. The van der Waals surface area contributed by atoms with E-state index in [0.29, 0.717) is 12.1 Å². The summed E-state index contributed by atoms with van der Waals surface area (Å²) in [6, 6.07) is 20.0. The standard InChI is InChI=1S/C29H32N2O8S/c1-20-11-17-24(18-12-20)40(36,37)31-27(28(34)29(35)38-2)22-13-15-23(16-14-22)30-25(32)9-6-10-26(33)39-19-21-7-4-3-5-8-21/h3-5,7-8,11-18,27-28,31,34H,6,9-10,19H2,1-2H3,(H,30,32)/t27-,28+/m0/s1. The van der Waals surface area contributed by atoms with Gasteiger partial charge in [0.1, 0.15) is 6.61 Å². The Balaban J connectivity index is 1.58. The molecule has 0 saturated heterocycles. The number of carbonyl (C=O) groups excluding carboxylic acids is 3. The fraction of sp³-hybridized carbons (Fsp3) is 0.276. The first kappa shape index (κ1) is 30.5. The molecule has 0 aliphatic carbocycles. The quantitative estimate of drug-likeness (QED) is 0.266. The fourth-order valence-electron chi connectivity index (χ4n) is 3.73. The van der Waals surface area contributed by atoms with E-state index in [1.54, 1.807) is 12.1 Å². The zero-order valence-electron chi connectivity index (χ0n) is 22.2. The number of ether oxygens (including phenoxy) is 2. The first-order chi connectivity index (χ1) is 19.1. The molecule has 1 amide bonds. The summed E-state index contributed by atoms with van der Waals surface area (Å²) >= 11 is 0. The van der Waals surface area contributed by atoms with Gasteiger partial charge in [0.15, 0.2) is 6.10 Å². The minimum atomic E-state index is -4.10. The van der Waals surface area contributed by atoms with Crippen LogP contribution in [0.2, 0.25) is 0 Å². The van der Waals surface area contributed by atoms with Gasteiger partial charge in [-0.1, -0.05) is 60.2 Å². The number of methoxy groups -OCH3 is 1. The lowest BCUT2D eigenvalue weighted by molar-refractivity contribution is -0.151. The minimum absolute atomic E-state index is 0.0343. The molecule has 0 saturated carbocycles. The summed E-state index contributed by atoms with van der Waals surface area (Å²) in [6.45, 7) is 1.99. The van der Waals surface area contributed by atoms with Crippen LogP contribution in [0.25, 0.3) is 0 Å². The Bertz CT molecular complexity index is 1390. The Labute approximate surface area is 233 Å². The van der Waals surface area contributed by atoms with Gasteiger partial charge in [0.2, 0.25) is 15.9 Å². The Morgan fingerprint density at radius 1 is 0.900 bits per heavy atom. The number of anilines is 1.